The molecule has 1 heterocycles. The number of nitrogens with one attached hydrogen (secondary N) is 1. The van der Waals surface area contributed by atoms with E-state index >= 15 is 0 Å². The number of carbonyl (C=O) groups excluding carboxylic acids is 2. The summed E-state index contributed by atoms with van der Waals surface area (Å²) in [5, 5.41) is 1.98. The van der Waals surface area contributed by atoms with E-state index in [2.05, 4.69) is 0 Å². The fraction of sp³-hybridized carbons (Fsp3) is 0.412. The molecule has 1 aliphatic heterocycles. The van der Waals surface area contributed by atoms with Crippen molar-refractivity contribution in [3.05, 3.63) is 46.7 Å². The predicted molar refractivity (Wildman–Crippen MR) is 84.2 cm³/mol. The van der Waals surface area contributed by atoms with Crippen LogP contribution in [0.5, 0.6) is 0 Å². The maximum Gasteiger partial charge on any atom is 0.435 e. The van der Waals surface area contributed by atoms with Crippen LogP contribution in [-0.2, 0) is 20.0 Å². The van der Waals surface area contributed by atoms with E-state index in [1.807, 2.05) is 5.32 Å². The molecule has 8 heteroatoms. The van der Waals surface area contributed by atoms with Crippen molar-refractivity contribution in [1.82, 2.24) is 10.2 Å². The summed E-state index contributed by atoms with van der Waals surface area (Å²) in [6.07, 6.45) is -4.83. The standard InChI is InChI=1S/C17H19F3N2O3/c1-5-25-15(24)13-11(3)22(4)16(17(18,19)20,21-14(13)23)12-8-6-10(2)7-9-12/h6-9H,5H2,1-4H3,(H,21,23)/t16-/m0/s1. The van der Waals surface area contributed by atoms with Crippen LogP contribution >= 0.6 is 0 Å². The second-order valence-corrected chi connectivity index (χ2v) is 5.77. The highest BCUT2D eigenvalue weighted by Crippen LogP contribution is 2.45. The average molecular weight is 356 g/mol. The number of amides is 1. The van der Waals surface area contributed by atoms with Gasteiger partial charge in [0.15, 0.2) is 0 Å². The minimum Gasteiger partial charge on any atom is -0.462 e. The molecule has 0 fully saturated rings. The van der Waals surface area contributed by atoms with Gasteiger partial charge < -0.3 is 15.0 Å². The van der Waals surface area contributed by atoms with Gasteiger partial charge in [0.05, 0.1) is 6.61 Å². The summed E-state index contributed by atoms with van der Waals surface area (Å²) >= 11 is 0. The van der Waals surface area contributed by atoms with Crippen LogP contribution in [-0.4, -0.2) is 36.6 Å². The quantitative estimate of drug-likeness (QED) is 0.668. The molecule has 0 aliphatic carbocycles. The Kier molecular flexibility index (Phi) is 4.83. The molecule has 1 aromatic rings. The highest BCUT2D eigenvalue weighted by Gasteiger charge is 2.63. The molecule has 0 unspecified atom stereocenters. The van der Waals surface area contributed by atoms with E-state index in [9.17, 15) is 22.8 Å². The molecule has 0 saturated heterocycles. The molecule has 0 aromatic heterocycles. The third kappa shape index (κ3) is 2.96. The van der Waals surface area contributed by atoms with Crippen LogP contribution in [0.15, 0.2) is 35.5 Å². The molecule has 0 saturated carbocycles. The van der Waals surface area contributed by atoms with E-state index < -0.39 is 29.3 Å². The molecule has 1 aliphatic rings. The van der Waals surface area contributed by atoms with Gasteiger partial charge in [-0.25, -0.2) is 4.79 Å². The summed E-state index contributed by atoms with van der Waals surface area (Å²) in [4.78, 5) is 25.2. The lowest BCUT2D eigenvalue weighted by Crippen LogP contribution is -2.67. The number of alkyl halides is 3. The van der Waals surface area contributed by atoms with Gasteiger partial charge in [-0.2, -0.15) is 13.2 Å². The van der Waals surface area contributed by atoms with Gasteiger partial charge in [-0.15, -0.1) is 0 Å². The van der Waals surface area contributed by atoms with Gasteiger partial charge in [-0.1, -0.05) is 29.8 Å². The molecule has 0 bridgehead atoms. The molecule has 136 valence electrons. The number of nitrogens with zero attached hydrogens (tertiary/aromatic N) is 1. The van der Waals surface area contributed by atoms with Gasteiger partial charge in [0.25, 0.3) is 5.91 Å². The average Bonchev–Trinajstić information content (AvgIpc) is 2.51. The van der Waals surface area contributed by atoms with Crippen molar-refractivity contribution in [2.75, 3.05) is 13.7 Å². The van der Waals surface area contributed by atoms with E-state index in [1.165, 1.54) is 38.2 Å². The van der Waals surface area contributed by atoms with Gasteiger partial charge in [0, 0.05) is 18.3 Å². The zero-order valence-electron chi connectivity index (χ0n) is 14.3. The number of ether oxygens (including phenoxy) is 1. The summed E-state index contributed by atoms with van der Waals surface area (Å²) in [7, 11) is 1.18. The van der Waals surface area contributed by atoms with Crippen LogP contribution in [0.4, 0.5) is 13.2 Å². The normalized spacial score (nSPS) is 21.2. The van der Waals surface area contributed by atoms with Crippen LogP contribution in [0.1, 0.15) is 25.0 Å². The van der Waals surface area contributed by atoms with Crippen molar-refractivity contribution >= 4 is 11.9 Å². The number of halogens is 3. The van der Waals surface area contributed by atoms with Crippen LogP contribution < -0.4 is 5.32 Å². The van der Waals surface area contributed by atoms with Gasteiger partial charge in [0.2, 0.25) is 5.66 Å². The lowest BCUT2D eigenvalue weighted by atomic mass is 9.91. The second-order valence-electron chi connectivity index (χ2n) is 5.77. The van der Waals surface area contributed by atoms with Gasteiger partial charge in [-0.05, 0) is 20.8 Å². The number of carbonyl (C=O) groups is 2. The molecule has 0 spiro atoms. The Bertz CT molecular complexity index is 726. The maximum atomic E-state index is 14.1. The van der Waals surface area contributed by atoms with Crippen molar-refractivity contribution in [3.8, 4) is 0 Å². The molecular weight excluding hydrogens is 337 g/mol. The molecule has 0 radical (unpaired) electrons. The Balaban J connectivity index is 2.67. The number of esters is 1. The van der Waals surface area contributed by atoms with Crippen molar-refractivity contribution in [2.24, 2.45) is 0 Å². The minimum absolute atomic E-state index is 0.00891. The van der Waals surface area contributed by atoms with Gasteiger partial charge in [-0.3, -0.25) is 4.79 Å². The van der Waals surface area contributed by atoms with Crippen LogP contribution in [0, 0.1) is 6.92 Å². The fourth-order valence-corrected chi connectivity index (χ4v) is 2.82. The molecule has 25 heavy (non-hydrogen) atoms. The van der Waals surface area contributed by atoms with Crippen LogP contribution in [0.3, 0.4) is 0 Å². The molecule has 1 amide bonds. The van der Waals surface area contributed by atoms with Gasteiger partial charge >= 0.3 is 12.1 Å². The topological polar surface area (TPSA) is 58.6 Å². The maximum absolute atomic E-state index is 14.1. The third-order valence-electron chi connectivity index (χ3n) is 4.25. The van der Waals surface area contributed by atoms with E-state index in [0.717, 1.165) is 10.5 Å². The number of rotatable bonds is 3. The van der Waals surface area contributed by atoms with E-state index in [4.69, 9.17) is 4.74 Å². The Morgan fingerprint density at radius 1 is 1.24 bits per heavy atom. The summed E-state index contributed by atoms with van der Waals surface area (Å²) < 4.78 is 47.0. The highest BCUT2D eigenvalue weighted by atomic mass is 19.4. The SMILES string of the molecule is CCOC(=O)C1=C(C)N(C)[C@@](c2ccc(C)cc2)(C(F)(F)F)NC1=O. The summed E-state index contributed by atoms with van der Waals surface area (Å²) in [6, 6.07) is 5.68. The Morgan fingerprint density at radius 2 is 1.80 bits per heavy atom. The largest absolute Gasteiger partial charge is 0.462 e. The number of hydrogen-bond donors (Lipinski definition) is 1. The molecule has 1 aromatic carbocycles. The van der Waals surface area contributed by atoms with E-state index in [0.29, 0.717) is 0 Å². The highest BCUT2D eigenvalue weighted by molar-refractivity contribution is 6.17. The predicted octanol–water partition coefficient (Wildman–Crippen LogP) is 2.61. The Labute approximate surface area is 143 Å². The van der Waals surface area contributed by atoms with E-state index in [1.54, 1.807) is 13.8 Å². The lowest BCUT2D eigenvalue weighted by Gasteiger charge is -2.48. The molecule has 5 nitrogen and oxygen atoms in total. The first kappa shape index (κ1) is 18.8. The molecule has 1 N–H and O–H groups in total. The van der Waals surface area contributed by atoms with Crippen LogP contribution in [0.25, 0.3) is 0 Å². The zero-order valence-corrected chi connectivity index (χ0v) is 14.3. The first-order valence-corrected chi connectivity index (χ1v) is 7.64. The number of benzene rings is 1. The molecular formula is C17H19F3N2O3. The Morgan fingerprint density at radius 3 is 2.28 bits per heavy atom. The summed E-state index contributed by atoms with van der Waals surface area (Å²) in [5.74, 6) is -2.07. The second kappa shape index (κ2) is 6.42. The molecule has 1 atom stereocenters. The van der Waals surface area contributed by atoms with E-state index in [-0.39, 0.29) is 17.9 Å². The third-order valence-corrected chi connectivity index (χ3v) is 4.25. The van der Waals surface area contributed by atoms with Crippen molar-refractivity contribution in [3.63, 3.8) is 0 Å². The fourth-order valence-electron chi connectivity index (χ4n) is 2.82. The minimum atomic E-state index is -4.83. The van der Waals surface area contributed by atoms with Crippen molar-refractivity contribution < 1.29 is 27.5 Å². The smallest absolute Gasteiger partial charge is 0.435 e. The van der Waals surface area contributed by atoms with Crippen LogP contribution in [0.2, 0.25) is 0 Å². The number of allylic oxidation sites excluding steroid dienone is 1. The first-order valence-electron chi connectivity index (χ1n) is 7.64. The van der Waals surface area contributed by atoms with Gasteiger partial charge in [0.1, 0.15) is 5.57 Å². The molecule has 2 rings (SSSR count). The number of aryl methyl sites for hydroxylation is 1. The number of hydrogen-bond acceptors (Lipinski definition) is 4. The lowest BCUT2D eigenvalue weighted by molar-refractivity contribution is -0.242. The zero-order chi connectivity index (χ0) is 19.0. The van der Waals surface area contributed by atoms with Crippen molar-refractivity contribution in [1.29, 1.82) is 0 Å². The summed E-state index contributed by atoms with van der Waals surface area (Å²) in [5.41, 5.74) is -2.68. The monoisotopic (exact) mass is 356 g/mol. The Hall–Kier alpha value is -2.51. The van der Waals surface area contributed by atoms with Crippen molar-refractivity contribution in [2.45, 2.75) is 32.6 Å². The first-order chi connectivity index (χ1) is 11.6. The summed E-state index contributed by atoms with van der Waals surface area (Å²) in [6.45, 7) is 4.59.